The van der Waals surface area contributed by atoms with Gasteiger partial charge in [0.1, 0.15) is 6.61 Å². The summed E-state index contributed by atoms with van der Waals surface area (Å²) < 4.78 is 9.88. The van der Waals surface area contributed by atoms with Crippen molar-refractivity contribution in [3.63, 3.8) is 0 Å². The van der Waals surface area contributed by atoms with Crippen LogP contribution in [-0.4, -0.2) is 38.5 Å². The van der Waals surface area contributed by atoms with E-state index in [-0.39, 0.29) is 0 Å². The summed E-state index contributed by atoms with van der Waals surface area (Å²) in [5.74, 6) is 0.573. The van der Waals surface area contributed by atoms with Crippen molar-refractivity contribution in [3.8, 4) is 0 Å². The van der Waals surface area contributed by atoms with Crippen LogP contribution < -0.4 is 11.1 Å². The van der Waals surface area contributed by atoms with Crippen molar-refractivity contribution < 1.29 is 14.3 Å². The number of carbonyl (C=O) groups excluding carboxylic acids is 1. The second kappa shape index (κ2) is 5.82. The Balaban J connectivity index is 2.02. The first-order valence-corrected chi connectivity index (χ1v) is 4.93. The highest BCUT2D eigenvalue weighted by atomic mass is 16.5. The Morgan fingerprint density at radius 2 is 2.57 bits per heavy atom. The Morgan fingerprint density at radius 3 is 3.14 bits per heavy atom. The molecule has 82 valence electrons. The van der Waals surface area contributed by atoms with Crippen molar-refractivity contribution in [2.45, 2.75) is 19.4 Å². The van der Waals surface area contributed by atoms with Crippen LogP contribution in [0.5, 0.6) is 0 Å². The smallest absolute Gasteiger partial charge is 0.404 e. The third-order valence-electron chi connectivity index (χ3n) is 2.48. The van der Waals surface area contributed by atoms with E-state index in [1.54, 1.807) is 0 Å². The summed E-state index contributed by atoms with van der Waals surface area (Å²) >= 11 is 0. The van der Waals surface area contributed by atoms with Gasteiger partial charge in [0.2, 0.25) is 0 Å². The van der Waals surface area contributed by atoms with Gasteiger partial charge in [-0.2, -0.15) is 0 Å². The molecule has 0 aliphatic carbocycles. The summed E-state index contributed by atoms with van der Waals surface area (Å²) in [6.45, 7) is 4.76. The quantitative estimate of drug-likeness (QED) is 0.620. The molecule has 0 aromatic heterocycles. The van der Waals surface area contributed by atoms with Gasteiger partial charge in [-0.05, 0) is 19.3 Å². The predicted molar refractivity (Wildman–Crippen MR) is 51.9 cm³/mol. The Kier molecular flexibility index (Phi) is 4.69. The number of rotatable bonds is 5. The topological polar surface area (TPSA) is 73.6 Å². The van der Waals surface area contributed by atoms with Crippen molar-refractivity contribution in [1.29, 1.82) is 0 Å². The Labute approximate surface area is 83.9 Å². The van der Waals surface area contributed by atoms with Gasteiger partial charge >= 0.3 is 6.09 Å². The first kappa shape index (κ1) is 11.3. The minimum absolute atomic E-state index is 0.327. The molecule has 1 aliphatic rings. The molecule has 0 bridgehead atoms. The Hall–Kier alpha value is -0.810. The number of carbonyl (C=O) groups is 1. The average molecular weight is 202 g/mol. The minimum Gasteiger partial charge on any atom is -0.448 e. The largest absolute Gasteiger partial charge is 0.448 e. The molecule has 5 heteroatoms. The number of ether oxygens (including phenoxy) is 2. The molecule has 1 heterocycles. The maximum Gasteiger partial charge on any atom is 0.404 e. The van der Waals surface area contributed by atoms with E-state index in [2.05, 4.69) is 17.0 Å². The molecule has 0 saturated carbocycles. The number of nitrogens with two attached hydrogens (primary N) is 1. The fourth-order valence-corrected chi connectivity index (χ4v) is 1.55. The van der Waals surface area contributed by atoms with Crippen LogP contribution in [0.25, 0.3) is 0 Å². The normalized spacial score (nSPS) is 23.4. The molecule has 1 rings (SSSR count). The zero-order valence-electron chi connectivity index (χ0n) is 8.49. The van der Waals surface area contributed by atoms with E-state index < -0.39 is 6.09 Å². The number of amides is 1. The summed E-state index contributed by atoms with van der Waals surface area (Å²) in [6.07, 6.45) is 0.383. The van der Waals surface area contributed by atoms with E-state index in [1.807, 2.05) is 0 Å². The van der Waals surface area contributed by atoms with Crippen LogP contribution >= 0.6 is 0 Å². The van der Waals surface area contributed by atoms with E-state index in [0.29, 0.717) is 25.1 Å². The molecular weight excluding hydrogens is 184 g/mol. The molecule has 0 aromatic carbocycles. The van der Waals surface area contributed by atoms with Gasteiger partial charge in [0.25, 0.3) is 0 Å². The zero-order valence-corrected chi connectivity index (χ0v) is 8.49. The molecule has 0 aromatic rings. The van der Waals surface area contributed by atoms with Gasteiger partial charge in [-0.25, -0.2) is 4.79 Å². The molecule has 0 spiro atoms. The summed E-state index contributed by atoms with van der Waals surface area (Å²) in [4.78, 5) is 10.3. The van der Waals surface area contributed by atoms with Crippen LogP contribution in [0.3, 0.4) is 0 Å². The fourth-order valence-electron chi connectivity index (χ4n) is 1.55. The lowest BCUT2D eigenvalue weighted by Crippen LogP contribution is -2.36. The van der Waals surface area contributed by atoms with Crippen LogP contribution in [0, 0.1) is 5.92 Å². The molecule has 5 nitrogen and oxygen atoms in total. The standard InChI is InChI=1S/C9H18N2O3/c1-7(8-2-4-13-6-8)11-3-5-14-9(10)12/h7-8,11H,2-6H2,1H3,(H2,10,12). The number of nitrogens with one attached hydrogen (secondary N) is 1. The summed E-state index contributed by atoms with van der Waals surface area (Å²) in [6, 6.07) is 0.397. The van der Waals surface area contributed by atoms with E-state index in [4.69, 9.17) is 10.5 Å². The fraction of sp³-hybridized carbons (Fsp3) is 0.889. The molecule has 1 amide bonds. The van der Waals surface area contributed by atoms with Crippen LogP contribution in [0.15, 0.2) is 0 Å². The van der Waals surface area contributed by atoms with Gasteiger partial charge in [-0.15, -0.1) is 0 Å². The second-order valence-corrected chi connectivity index (χ2v) is 3.53. The van der Waals surface area contributed by atoms with Gasteiger partial charge in [0.05, 0.1) is 6.61 Å². The molecule has 3 N–H and O–H groups in total. The van der Waals surface area contributed by atoms with E-state index in [0.717, 1.165) is 19.6 Å². The Bertz CT molecular complexity index is 181. The van der Waals surface area contributed by atoms with Crippen LogP contribution in [0.1, 0.15) is 13.3 Å². The lowest BCUT2D eigenvalue weighted by Gasteiger charge is -2.18. The second-order valence-electron chi connectivity index (χ2n) is 3.53. The molecule has 14 heavy (non-hydrogen) atoms. The maximum atomic E-state index is 10.3. The van der Waals surface area contributed by atoms with Crippen molar-refractivity contribution >= 4 is 6.09 Å². The third-order valence-corrected chi connectivity index (χ3v) is 2.48. The predicted octanol–water partition coefficient (Wildman–Crippen LogP) is 0.0963. The molecule has 2 unspecified atom stereocenters. The molecule has 0 radical (unpaired) electrons. The highest BCUT2D eigenvalue weighted by Crippen LogP contribution is 2.15. The molecular formula is C9H18N2O3. The lowest BCUT2D eigenvalue weighted by molar-refractivity contribution is 0.152. The molecule has 1 saturated heterocycles. The third kappa shape index (κ3) is 3.93. The van der Waals surface area contributed by atoms with Crippen molar-refractivity contribution in [2.24, 2.45) is 11.7 Å². The summed E-state index contributed by atoms with van der Waals surface area (Å²) in [5.41, 5.74) is 4.82. The maximum absolute atomic E-state index is 10.3. The first-order chi connectivity index (χ1) is 6.70. The van der Waals surface area contributed by atoms with Gasteiger partial charge in [-0.3, -0.25) is 0 Å². The number of hydrogen-bond donors (Lipinski definition) is 2. The number of hydrogen-bond acceptors (Lipinski definition) is 4. The highest BCUT2D eigenvalue weighted by Gasteiger charge is 2.21. The van der Waals surface area contributed by atoms with Crippen molar-refractivity contribution in [1.82, 2.24) is 5.32 Å². The van der Waals surface area contributed by atoms with Crippen molar-refractivity contribution in [2.75, 3.05) is 26.4 Å². The molecule has 1 fully saturated rings. The Morgan fingerprint density at radius 1 is 1.79 bits per heavy atom. The average Bonchev–Trinajstić information content (AvgIpc) is 2.64. The molecule has 2 atom stereocenters. The first-order valence-electron chi connectivity index (χ1n) is 4.93. The van der Waals surface area contributed by atoms with Gasteiger partial charge in [0.15, 0.2) is 0 Å². The summed E-state index contributed by atoms with van der Waals surface area (Å²) in [5, 5.41) is 3.27. The zero-order chi connectivity index (χ0) is 10.4. The van der Waals surface area contributed by atoms with Crippen molar-refractivity contribution in [3.05, 3.63) is 0 Å². The van der Waals surface area contributed by atoms with Gasteiger partial charge < -0.3 is 20.5 Å². The molecule has 1 aliphatic heterocycles. The number of primary amides is 1. The highest BCUT2D eigenvalue weighted by molar-refractivity contribution is 5.64. The van der Waals surface area contributed by atoms with Gasteiger partial charge in [0, 0.05) is 19.2 Å². The van der Waals surface area contributed by atoms with E-state index in [9.17, 15) is 4.79 Å². The van der Waals surface area contributed by atoms with Gasteiger partial charge in [-0.1, -0.05) is 0 Å². The minimum atomic E-state index is -0.719. The SMILES string of the molecule is CC(NCCOC(N)=O)C1CCOC1. The van der Waals surface area contributed by atoms with Crippen LogP contribution in [-0.2, 0) is 9.47 Å². The van der Waals surface area contributed by atoms with E-state index >= 15 is 0 Å². The summed E-state index contributed by atoms with van der Waals surface area (Å²) in [7, 11) is 0. The lowest BCUT2D eigenvalue weighted by atomic mass is 10.0. The monoisotopic (exact) mass is 202 g/mol. The van der Waals surface area contributed by atoms with E-state index in [1.165, 1.54) is 0 Å². The van der Waals surface area contributed by atoms with Crippen LogP contribution in [0.4, 0.5) is 4.79 Å². The van der Waals surface area contributed by atoms with Crippen LogP contribution in [0.2, 0.25) is 0 Å².